The van der Waals surface area contributed by atoms with E-state index in [9.17, 15) is 4.79 Å². The number of hydrogen-bond donors (Lipinski definition) is 0. The van der Waals surface area contributed by atoms with E-state index in [2.05, 4.69) is 14.9 Å². The Morgan fingerprint density at radius 2 is 2.00 bits per heavy atom. The fourth-order valence-corrected chi connectivity index (χ4v) is 3.08. The standard InChI is InChI=1S/C14H19N3O2/c1-10-8-11(2)16-13(15-10)17-7-3-5-14(9-17)6-4-12(18)19-14/h8H,3-7,9H2,1-2H3/t14-/m1/s1. The average Bonchev–Trinajstić information content (AvgIpc) is 2.69. The summed E-state index contributed by atoms with van der Waals surface area (Å²) in [5.74, 6) is 0.697. The van der Waals surface area contributed by atoms with Gasteiger partial charge in [0.25, 0.3) is 0 Å². The molecule has 19 heavy (non-hydrogen) atoms. The molecule has 2 aliphatic heterocycles. The number of piperidine rings is 1. The molecule has 5 heteroatoms. The Morgan fingerprint density at radius 1 is 1.26 bits per heavy atom. The molecule has 0 radical (unpaired) electrons. The zero-order valence-corrected chi connectivity index (χ0v) is 11.5. The van der Waals surface area contributed by atoms with E-state index in [0.29, 0.717) is 6.42 Å². The number of anilines is 1. The first-order valence-corrected chi connectivity index (χ1v) is 6.85. The molecule has 102 valence electrons. The second kappa shape index (κ2) is 4.47. The van der Waals surface area contributed by atoms with Gasteiger partial charge in [-0.05, 0) is 39.2 Å². The van der Waals surface area contributed by atoms with E-state index in [1.165, 1.54) is 0 Å². The van der Waals surface area contributed by atoms with Gasteiger partial charge in [-0.3, -0.25) is 4.79 Å². The van der Waals surface area contributed by atoms with E-state index in [-0.39, 0.29) is 11.6 Å². The van der Waals surface area contributed by atoms with Crippen LogP contribution in [0.5, 0.6) is 0 Å². The van der Waals surface area contributed by atoms with E-state index in [0.717, 1.165) is 49.7 Å². The first kappa shape index (κ1) is 12.4. The SMILES string of the molecule is Cc1cc(C)nc(N2CCC[C@@]3(CCC(=O)O3)C2)n1. The molecule has 3 rings (SSSR count). The average molecular weight is 261 g/mol. The third kappa shape index (κ3) is 2.41. The van der Waals surface area contributed by atoms with Gasteiger partial charge in [0.1, 0.15) is 5.60 Å². The second-order valence-electron chi connectivity index (χ2n) is 5.63. The van der Waals surface area contributed by atoms with E-state index in [4.69, 9.17) is 4.74 Å². The molecule has 1 aromatic rings. The molecule has 0 N–H and O–H groups in total. The molecule has 0 saturated carbocycles. The largest absolute Gasteiger partial charge is 0.457 e. The lowest BCUT2D eigenvalue weighted by atomic mass is 9.90. The fourth-order valence-electron chi connectivity index (χ4n) is 3.08. The summed E-state index contributed by atoms with van der Waals surface area (Å²) < 4.78 is 5.57. The van der Waals surface area contributed by atoms with Gasteiger partial charge in [-0.15, -0.1) is 0 Å². The van der Waals surface area contributed by atoms with E-state index < -0.39 is 0 Å². The predicted molar refractivity (Wildman–Crippen MR) is 71.0 cm³/mol. The summed E-state index contributed by atoms with van der Waals surface area (Å²) >= 11 is 0. The number of nitrogens with zero attached hydrogens (tertiary/aromatic N) is 3. The molecule has 5 nitrogen and oxygen atoms in total. The van der Waals surface area contributed by atoms with Crippen LogP contribution in [0.3, 0.4) is 0 Å². The maximum absolute atomic E-state index is 11.4. The summed E-state index contributed by atoms with van der Waals surface area (Å²) in [6, 6.07) is 1.97. The number of carbonyl (C=O) groups is 1. The van der Waals surface area contributed by atoms with Crippen molar-refractivity contribution in [3.63, 3.8) is 0 Å². The number of aromatic nitrogens is 2. The van der Waals surface area contributed by atoms with Gasteiger partial charge in [-0.2, -0.15) is 0 Å². The molecule has 3 heterocycles. The van der Waals surface area contributed by atoms with Crippen LogP contribution in [0.1, 0.15) is 37.1 Å². The summed E-state index contributed by atoms with van der Waals surface area (Å²) in [6.45, 7) is 5.62. The summed E-state index contributed by atoms with van der Waals surface area (Å²) in [6.07, 6.45) is 3.35. The molecule has 1 atom stereocenters. The zero-order chi connectivity index (χ0) is 13.5. The van der Waals surface area contributed by atoms with Crippen LogP contribution < -0.4 is 4.90 Å². The number of aryl methyl sites for hydroxylation is 2. The van der Waals surface area contributed by atoms with Crippen LogP contribution in [0.25, 0.3) is 0 Å². The predicted octanol–water partition coefficient (Wildman–Crippen LogP) is 1.77. The Kier molecular flexibility index (Phi) is 2.92. The summed E-state index contributed by atoms with van der Waals surface area (Å²) in [5, 5.41) is 0. The van der Waals surface area contributed by atoms with Crippen LogP contribution in [-0.4, -0.2) is 34.6 Å². The molecule has 0 bridgehead atoms. The van der Waals surface area contributed by atoms with Gasteiger partial charge in [0.15, 0.2) is 0 Å². The molecule has 0 aromatic carbocycles. The van der Waals surface area contributed by atoms with Crippen molar-refractivity contribution in [1.29, 1.82) is 0 Å². The molecule has 1 spiro atoms. The van der Waals surface area contributed by atoms with Crippen LogP contribution in [0.4, 0.5) is 5.95 Å². The quantitative estimate of drug-likeness (QED) is 0.721. The molecular formula is C14H19N3O2. The maximum Gasteiger partial charge on any atom is 0.306 e. The highest BCUT2D eigenvalue weighted by Gasteiger charge is 2.44. The monoisotopic (exact) mass is 261 g/mol. The topological polar surface area (TPSA) is 55.3 Å². The van der Waals surface area contributed by atoms with E-state index in [1.54, 1.807) is 0 Å². The van der Waals surface area contributed by atoms with Crippen molar-refractivity contribution < 1.29 is 9.53 Å². The lowest BCUT2D eigenvalue weighted by molar-refractivity contribution is -0.148. The Balaban J connectivity index is 1.83. The summed E-state index contributed by atoms with van der Waals surface area (Å²) in [4.78, 5) is 22.6. The summed E-state index contributed by atoms with van der Waals surface area (Å²) in [5.41, 5.74) is 1.66. The lowest BCUT2D eigenvalue weighted by Crippen LogP contribution is -2.48. The minimum Gasteiger partial charge on any atom is -0.457 e. The molecule has 2 aliphatic rings. The molecule has 0 unspecified atom stereocenters. The van der Waals surface area contributed by atoms with Crippen LogP contribution >= 0.6 is 0 Å². The first-order valence-electron chi connectivity index (χ1n) is 6.85. The van der Waals surface area contributed by atoms with Crippen molar-refractivity contribution in [1.82, 2.24) is 9.97 Å². The second-order valence-corrected chi connectivity index (χ2v) is 5.63. The van der Waals surface area contributed by atoms with Crippen molar-refractivity contribution in [2.75, 3.05) is 18.0 Å². The van der Waals surface area contributed by atoms with Crippen molar-refractivity contribution in [3.05, 3.63) is 17.5 Å². The molecule has 1 aromatic heterocycles. The smallest absolute Gasteiger partial charge is 0.306 e. The Bertz CT molecular complexity index is 497. The normalized spacial score (nSPS) is 26.8. The minimum absolute atomic E-state index is 0.0665. The number of ether oxygens (including phenoxy) is 1. The number of carbonyl (C=O) groups excluding carboxylic acids is 1. The third-order valence-electron chi connectivity index (χ3n) is 3.91. The van der Waals surface area contributed by atoms with Crippen molar-refractivity contribution >= 4 is 11.9 Å². The van der Waals surface area contributed by atoms with Gasteiger partial charge in [-0.25, -0.2) is 9.97 Å². The Labute approximate surface area is 113 Å². The molecule has 2 fully saturated rings. The minimum atomic E-state index is -0.295. The van der Waals surface area contributed by atoms with Gasteiger partial charge < -0.3 is 9.64 Å². The van der Waals surface area contributed by atoms with Crippen LogP contribution in [-0.2, 0) is 9.53 Å². The Hall–Kier alpha value is -1.65. The van der Waals surface area contributed by atoms with Gasteiger partial charge in [0, 0.05) is 24.4 Å². The summed E-state index contributed by atoms with van der Waals surface area (Å²) in [7, 11) is 0. The Morgan fingerprint density at radius 3 is 2.63 bits per heavy atom. The van der Waals surface area contributed by atoms with Gasteiger partial charge >= 0.3 is 5.97 Å². The number of esters is 1. The lowest BCUT2D eigenvalue weighted by Gasteiger charge is -2.39. The van der Waals surface area contributed by atoms with E-state index >= 15 is 0 Å². The van der Waals surface area contributed by atoms with Crippen LogP contribution in [0.2, 0.25) is 0 Å². The van der Waals surface area contributed by atoms with Crippen molar-refractivity contribution in [3.8, 4) is 0 Å². The van der Waals surface area contributed by atoms with Gasteiger partial charge in [0.05, 0.1) is 6.54 Å². The molecule has 0 aliphatic carbocycles. The maximum atomic E-state index is 11.4. The van der Waals surface area contributed by atoms with Crippen LogP contribution in [0.15, 0.2) is 6.07 Å². The fraction of sp³-hybridized carbons (Fsp3) is 0.643. The molecular weight excluding hydrogens is 242 g/mol. The first-order chi connectivity index (χ1) is 9.06. The number of rotatable bonds is 1. The van der Waals surface area contributed by atoms with Gasteiger partial charge in [-0.1, -0.05) is 0 Å². The highest BCUT2D eigenvalue weighted by atomic mass is 16.6. The van der Waals surface area contributed by atoms with Crippen molar-refractivity contribution in [2.45, 2.75) is 45.1 Å². The highest BCUT2D eigenvalue weighted by molar-refractivity contribution is 5.72. The molecule has 2 saturated heterocycles. The van der Waals surface area contributed by atoms with E-state index in [1.807, 2.05) is 19.9 Å². The van der Waals surface area contributed by atoms with Crippen LogP contribution in [0, 0.1) is 13.8 Å². The van der Waals surface area contributed by atoms with Gasteiger partial charge in [0.2, 0.25) is 5.95 Å². The zero-order valence-electron chi connectivity index (χ0n) is 11.5. The number of hydrogen-bond acceptors (Lipinski definition) is 5. The highest BCUT2D eigenvalue weighted by Crippen LogP contribution is 2.36. The van der Waals surface area contributed by atoms with Crippen molar-refractivity contribution in [2.24, 2.45) is 0 Å². The third-order valence-corrected chi connectivity index (χ3v) is 3.91. The molecule has 0 amide bonds.